The van der Waals surface area contributed by atoms with Gasteiger partial charge < -0.3 is 19.1 Å². The lowest BCUT2D eigenvalue weighted by atomic mass is 10.1. The molecule has 38 heavy (non-hydrogen) atoms. The predicted octanol–water partition coefficient (Wildman–Crippen LogP) is 4.02. The van der Waals surface area contributed by atoms with Crippen molar-refractivity contribution in [3.05, 3.63) is 59.2 Å². The van der Waals surface area contributed by atoms with Gasteiger partial charge in [-0.3, -0.25) is 15.0 Å². The molecule has 4 aliphatic heterocycles. The largest absolute Gasteiger partial charge is 0.489 e. The number of likely N-dealkylation sites (tertiary alicyclic amines) is 1. The summed E-state index contributed by atoms with van der Waals surface area (Å²) in [5.41, 5.74) is 1.82. The quantitative estimate of drug-likeness (QED) is 0.560. The minimum Gasteiger partial charge on any atom is -0.489 e. The zero-order valence-corrected chi connectivity index (χ0v) is 21.3. The molecule has 0 radical (unpaired) electrons. The average Bonchev–Trinajstić information content (AvgIpc) is 3.57. The van der Waals surface area contributed by atoms with Crippen LogP contribution in [0.5, 0.6) is 17.2 Å². The number of aliphatic imine (C=N–C) groups is 1. The van der Waals surface area contributed by atoms with Gasteiger partial charge in [0.2, 0.25) is 17.9 Å². The summed E-state index contributed by atoms with van der Waals surface area (Å²) in [5.74, 6) is 1.56. The van der Waals surface area contributed by atoms with Gasteiger partial charge in [0.15, 0.2) is 17.3 Å². The summed E-state index contributed by atoms with van der Waals surface area (Å²) >= 11 is 1.17. The Morgan fingerprint density at radius 2 is 1.87 bits per heavy atom. The van der Waals surface area contributed by atoms with Crippen molar-refractivity contribution in [2.24, 2.45) is 10.1 Å². The highest BCUT2D eigenvalue weighted by molar-refractivity contribution is 8.27. The average molecular weight is 532 g/mol. The minimum atomic E-state index is -0.504. The Hall–Kier alpha value is -4.12. The van der Waals surface area contributed by atoms with E-state index in [4.69, 9.17) is 19.6 Å². The molecular formula is C27H25N5O5S. The molecule has 4 heterocycles. The molecule has 4 aliphatic rings. The third kappa shape index (κ3) is 5.01. The number of hydrazone groups is 1. The number of fused-ring (bicyclic) bond motifs is 2. The van der Waals surface area contributed by atoms with E-state index >= 15 is 0 Å². The zero-order chi connectivity index (χ0) is 26.1. The number of nitrogens with one attached hydrogen (secondary N) is 1. The van der Waals surface area contributed by atoms with Gasteiger partial charge in [0.05, 0.1) is 12.0 Å². The highest BCUT2D eigenvalue weighted by Gasteiger charge is 2.36. The van der Waals surface area contributed by atoms with Gasteiger partial charge in [-0.05, 0) is 72.5 Å². The number of carbonyl (C=O) groups is 2. The number of ether oxygens (including phenoxy) is 3. The second kappa shape index (κ2) is 10.3. The van der Waals surface area contributed by atoms with Crippen LogP contribution >= 0.6 is 11.8 Å². The number of nitrogens with zero attached hydrogens (tertiary/aromatic N) is 4. The van der Waals surface area contributed by atoms with E-state index in [0.717, 1.165) is 49.2 Å². The van der Waals surface area contributed by atoms with E-state index in [1.54, 1.807) is 18.2 Å². The number of hydrogen-bond donors (Lipinski definition) is 1. The number of amides is 2. The number of hydrogen-bond acceptors (Lipinski definition) is 8. The van der Waals surface area contributed by atoms with Gasteiger partial charge in [-0.1, -0.05) is 18.2 Å². The van der Waals surface area contributed by atoms with Gasteiger partial charge in [0.1, 0.15) is 17.4 Å². The number of benzene rings is 2. The monoisotopic (exact) mass is 531 g/mol. The van der Waals surface area contributed by atoms with Crippen LogP contribution in [0.1, 0.15) is 36.8 Å². The molecule has 1 fully saturated rings. The van der Waals surface area contributed by atoms with Crippen molar-refractivity contribution in [3.63, 3.8) is 0 Å². The Kier molecular flexibility index (Phi) is 6.59. The lowest BCUT2D eigenvalue weighted by molar-refractivity contribution is -0.130. The van der Waals surface area contributed by atoms with Crippen molar-refractivity contribution in [2.45, 2.75) is 32.3 Å². The number of amidine groups is 2. The summed E-state index contributed by atoms with van der Waals surface area (Å²) in [6, 6.07) is 12.9. The van der Waals surface area contributed by atoms with Crippen LogP contribution in [-0.2, 0) is 16.2 Å². The van der Waals surface area contributed by atoms with Crippen molar-refractivity contribution < 1.29 is 23.8 Å². The first kappa shape index (κ1) is 24.2. The number of piperidine rings is 1. The van der Waals surface area contributed by atoms with Gasteiger partial charge >= 0.3 is 0 Å². The maximum Gasteiger partial charge on any atom is 0.283 e. The molecule has 10 nitrogen and oxygen atoms in total. The Balaban J connectivity index is 1.10. The summed E-state index contributed by atoms with van der Waals surface area (Å²) in [6.07, 6.45) is 4.95. The van der Waals surface area contributed by atoms with Gasteiger partial charge in [0, 0.05) is 13.1 Å². The molecule has 11 heteroatoms. The highest BCUT2D eigenvalue weighted by atomic mass is 32.2. The Labute approximate surface area is 223 Å². The molecular weight excluding hydrogens is 506 g/mol. The lowest BCUT2D eigenvalue weighted by Gasteiger charge is -2.26. The fraction of sp³-hybridized carbons (Fsp3) is 0.296. The van der Waals surface area contributed by atoms with Crippen LogP contribution in [0.4, 0.5) is 0 Å². The van der Waals surface area contributed by atoms with Crippen LogP contribution < -0.4 is 14.2 Å². The van der Waals surface area contributed by atoms with Crippen molar-refractivity contribution in [1.82, 2.24) is 9.91 Å². The van der Waals surface area contributed by atoms with Crippen LogP contribution in [0.2, 0.25) is 0 Å². The zero-order valence-electron chi connectivity index (χ0n) is 20.5. The normalized spacial score (nSPS) is 19.4. The second-order valence-corrected chi connectivity index (χ2v) is 10.2. The molecule has 0 bridgehead atoms. The van der Waals surface area contributed by atoms with Crippen LogP contribution in [0.3, 0.4) is 0 Å². The van der Waals surface area contributed by atoms with E-state index in [1.807, 2.05) is 35.2 Å². The number of carbonyl (C=O) groups excluding carboxylic acids is 2. The SMILES string of the molecule is N=C1/C(=C/c2ccc(OCc3ccc4c(c3)OCO4)cc2)C(=O)N=C2SC(CC(=O)N3CCCCC3)=NN12. The number of rotatable bonds is 6. The first-order valence-electron chi connectivity index (χ1n) is 12.4. The smallest absolute Gasteiger partial charge is 0.283 e. The molecule has 0 atom stereocenters. The van der Waals surface area contributed by atoms with E-state index in [0.29, 0.717) is 28.3 Å². The summed E-state index contributed by atoms with van der Waals surface area (Å²) in [6.45, 7) is 2.13. The molecule has 6 rings (SSSR count). The summed E-state index contributed by atoms with van der Waals surface area (Å²) in [7, 11) is 0. The maximum absolute atomic E-state index is 12.7. The summed E-state index contributed by atoms with van der Waals surface area (Å²) in [4.78, 5) is 31.3. The van der Waals surface area contributed by atoms with Crippen molar-refractivity contribution in [1.29, 1.82) is 5.41 Å². The molecule has 2 aromatic rings. The third-order valence-corrected chi connectivity index (χ3v) is 7.45. The highest BCUT2D eigenvalue weighted by Crippen LogP contribution is 2.33. The first-order valence-corrected chi connectivity index (χ1v) is 13.2. The Morgan fingerprint density at radius 1 is 1.08 bits per heavy atom. The molecule has 0 unspecified atom stereocenters. The summed E-state index contributed by atoms with van der Waals surface area (Å²) in [5, 5.41) is 15.2. The van der Waals surface area contributed by atoms with E-state index < -0.39 is 5.91 Å². The molecule has 1 saturated heterocycles. The fourth-order valence-electron chi connectivity index (χ4n) is 4.51. The van der Waals surface area contributed by atoms with E-state index in [1.165, 1.54) is 16.8 Å². The van der Waals surface area contributed by atoms with Crippen molar-refractivity contribution >= 4 is 45.7 Å². The van der Waals surface area contributed by atoms with Crippen molar-refractivity contribution in [3.8, 4) is 17.2 Å². The molecule has 0 aromatic heterocycles. The van der Waals surface area contributed by atoms with Gasteiger partial charge in [-0.15, -0.1) is 0 Å². The minimum absolute atomic E-state index is 0.0193. The van der Waals surface area contributed by atoms with Crippen molar-refractivity contribution in [2.75, 3.05) is 19.9 Å². The Morgan fingerprint density at radius 3 is 2.68 bits per heavy atom. The topological polar surface area (TPSA) is 117 Å². The van der Waals surface area contributed by atoms with Crippen LogP contribution in [0.15, 0.2) is 58.1 Å². The van der Waals surface area contributed by atoms with Crippen LogP contribution in [-0.4, -0.2) is 57.7 Å². The van der Waals surface area contributed by atoms with E-state index in [9.17, 15) is 9.59 Å². The van der Waals surface area contributed by atoms with Crippen LogP contribution in [0.25, 0.3) is 6.08 Å². The molecule has 0 saturated carbocycles. The van der Waals surface area contributed by atoms with E-state index in [-0.39, 0.29) is 30.5 Å². The second-order valence-electron chi connectivity index (χ2n) is 9.18. The molecule has 1 N–H and O–H groups in total. The van der Waals surface area contributed by atoms with Gasteiger partial charge in [-0.25, -0.2) is 0 Å². The maximum atomic E-state index is 12.7. The molecule has 194 valence electrons. The van der Waals surface area contributed by atoms with Crippen LogP contribution in [0, 0.1) is 5.41 Å². The molecule has 2 amide bonds. The molecule has 0 aliphatic carbocycles. The third-order valence-electron chi connectivity index (χ3n) is 6.54. The van der Waals surface area contributed by atoms with Gasteiger partial charge in [-0.2, -0.15) is 15.1 Å². The lowest BCUT2D eigenvalue weighted by Crippen LogP contribution is -2.36. The predicted molar refractivity (Wildman–Crippen MR) is 143 cm³/mol. The standard InChI is InChI=1S/C27H25N5O5S/c28-25-20(26(34)29-27-32(25)30-23(38-27)14-24(33)31-10-2-1-3-11-31)12-17-4-7-19(8-5-17)35-15-18-6-9-21-22(13-18)37-16-36-21/h4-9,12-13,28H,1-3,10-11,14-16H2/b20-12-,28-25?. The Bertz CT molecular complexity index is 1400. The fourth-order valence-corrected chi connectivity index (χ4v) is 5.39. The molecule has 2 aromatic carbocycles. The van der Waals surface area contributed by atoms with E-state index in [2.05, 4.69) is 10.1 Å². The first-order chi connectivity index (χ1) is 18.5. The summed E-state index contributed by atoms with van der Waals surface area (Å²) < 4.78 is 16.6. The van der Waals surface area contributed by atoms with Gasteiger partial charge in [0.25, 0.3) is 5.91 Å². The number of thioether (sulfide) groups is 1. The molecule has 0 spiro atoms.